The highest BCUT2D eigenvalue weighted by Gasteiger charge is 2.44. The third-order valence-electron chi connectivity index (χ3n) is 8.84. The second-order valence-electron chi connectivity index (χ2n) is 10.6. The van der Waals surface area contributed by atoms with Crippen molar-refractivity contribution < 1.29 is 23.4 Å². The predicted molar refractivity (Wildman–Crippen MR) is 137 cm³/mol. The van der Waals surface area contributed by atoms with Gasteiger partial charge in [0.15, 0.2) is 0 Å². The van der Waals surface area contributed by atoms with E-state index in [0.29, 0.717) is 24.6 Å². The lowest BCUT2D eigenvalue weighted by molar-refractivity contribution is -0.143. The number of piperidine rings is 3. The Labute approximate surface area is 215 Å². The SMILES string of the molecule is COC1CCN(C(=O)[C@H]2CNC[C@@H](N3CCC(OC)CC3)C2CC(OC)c2cccc(F)c2C)CC1. The number of ether oxygens (including phenoxy) is 3. The number of nitrogens with one attached hydrogen (secondary N) is 1. The largest absolute Gasteiger partial charge is 0.381 e. The van der Waals surface area contributed by atoms with Crippen molar-refractivity contribution in [1.29, 1.82) is 0 Å². The number of nitrogens with zero attached hydrogens (tertiary/aromatic N) is 2. The maximum atomic E-state index is 14.4. The zero-order chi connectivity index (χ0) is 25.7. The molecular weight excluding hydrogens is 461 g/mol. The zero-order valence-electron chi connectivity index (χ0n) is 22.4. The standard InChI is InChI=1S/C28H44FN3O4/c1-19-22(6-5-7-25(19)29)27(36-4)16-23-24(28(33)32-14-10-21(35-3)11-15-32)17-30-18-26(23)31-12-8-20(34-2)9-13-31/h5-7,20-21,23-24,26-27,30H,8-18H2,1-4H3/t23?,24-,26+,27?/m0/s1. The van der Waals surface area contributed by atoms with Crippen molar-refractivity contribution in [3.05, 3.63) is 35.1 Å². The van der Waals surface area contributed by atoms with Crippen LogP contribution < -0.4 is 5.32 Å². The fourth-order valence-electron chi connectivity index (χ4n) is 6.51. The van der Waals surface area contributed by atoms with Gasteiger partial charge in [-0.3, -0.25) is 9.69 Å². The summed E-state index contributed by atoms with van der Waals surface area (Å²) in [5, 5.41) is 3.58. The van der Waals surface area contributed by atoms with Gasteiger partial charge in [-0.25, -0.2) is 4.39 Å². The van der Waals surface area contributed by atoms with E-state index in [0.717, 1.165) is 64.0 Å². The second-order valence-corrected chi connectivity index (χ2v) is 10.6. The number of methoxy groups -OCH3 is 3. The van der Waals surface area contributed by atoms with E-state index in [-0.39, 0.29) is 41.8 Å². The highest BCUT2D eigenvalue weighted by Crippen LogP contribution is 2.37. The van der Waals surface area contributed by atoms with E-state index < -0.39 is 0 Å². The molecule has 2 unspecified atom stereocenters. The van der Waals surface area contributed by atoms with Gasteiger partial charge in [-0.2, -0.15) is 0 Å². The Balaban J connectivity index is 1.58. The molecule has 0 saturated carbocycles. The van der Waals surface area contributed by atoms with Crippen molar-refractivity contribution in [2.24, 2.45) is 11.8 Å². The van der Waals surface area contributed by atoms with Crippen molar-refractivity contribution in [1.82, 2.24) is 15.1 Å². The van der Waals surface area contributed by atoms with E-state index in [1.165, 1.54) is 6.07 Å². The van der Waals surface area contributed by atoms with E-state index >= 15 is 0 Å². The third-order valence-corrected chi connectivity index (χ3v) is 8.84. The minimum Gasteiger partial charge on any atom is -0.381 e. The summed E-state index contributed by atoms with van der Waals surface area (Å²) in [6, 6.07) is 5.42. The molecule has 3 aliphatic rings. The minimum absolute atomic E-state index is 0.102. The number of amides is 1. The molecule has 8 heteroatoms. The molecule has 0 bridgehead atoms. The highest BCUT2D eigenvalue weighted by atomic mass is 19.1. The fourth-order valence-corrected chi connectivity index (χ4v) is 6.51. The number of benzene rings is 1. The number of halogens is 1. The lowest BCUT2D eigenvalue weighted by Crippen LogP contribution is -2.60. The van der Waals surface area contributed by atoms with Crippen LogP contribution in [0.15, 0.2) is 18.2 Å². The van der Waals surface area contributed by atoms with Gasteiger partial charge in [0.25, 0.3) is 0 Å². The van der Waals surface area contributed by atoms with Crippen LogP contribution in [0.4, 0.5) is 4.39 Å². The molecule has 1 N–H and O–H groups in total. The summed E-state index contributed by atoms with van der Waals surface area (Å²) >= 11 is 0. The molecule has 4 rings (SSSR count). The van der Waals surface area contributed by atoms with E-state index in [9.17, 15) is 9.18 Å². The molecule has 1 aromatic carbocycles. The Morgan fingerprint density at radius 3 is 2.28 bits per heavy atom. The lowest BCUT2D eigenvalue weighted by Gasteiger charge is -2.48. The van der Waals surface area contributed by atoms with E-state index in [1.807, 2.05) is 17.9 Å². The monoisotopic (exact) mass is 505 g/mol. The van der Waals surface area contributed by atoms with Gasteiger partial charge in [0.1, 0.15) is 5.82 Å². The van der Waals surface area contributed by atoms with Crippen LogP contribution in [0.3, 0.4) is 0 Å². The van der Waals surface area contributed by atoms with Crippen LogP contribution >= 0.6 is 0 Å². The molecule has 3 aliphatic heterocycles. The molecule has 3 heterocycles. The predicted octanol–water partition coefficient (Wildman–Crippen LogP) is 3.16. The maximum absolute atomic E-state index is 14.4. The first kappa shape index (κ1) is 27.5. The van der Waals surface area contributed by atoms with Crippen LogP contribution in [0.2, 0.25) is 0 Å². The Kier molecular flexibility index (Phi) is 9.75. The summed E-state index contributed by atoms with van der Waals surface area (Å²) in [5.74, 6) is -0.0313. The Morgan fingerprint density at radius 1 is 1.03 bits per heavy atom. The van der Waals surface area contributed by atoms with Crippen molar-refractivity contribution in [3.63, 3.8) is 0 Å². The minimum atomic E-state index is -0.266. The van der Waals surface area contributed by atoms with E-state index in [1.54, 1.807) is 27.4 Å². The summed E-state index contributed by atoms with van der Waals surface area (Å²) in [6.45, 7) is 6.71. The van der Waals surface area contributed by atoms with E-state index in [4.69, 9.17) is 14.2 Å². The average Bonchev–Trinajstić information content (AvgIpc) is 2.93. The Hall–Kier alpha value is -1.58. The van der Waals surface area contributed by atoms with Crippen molar-refractivity contribution in [3.8, 4) is 0 Å². The molecule has 7 nitrogen and oxygen atoms in total. The second kappa shape index (κ2) is 12.8. The molecule has 1 aromatic rings. The molecule has 36 heavy (non-hydrogen) atoms. The molecule has 1 amide bonds. The molecule has 0 spiro atoms. The Morgan fingerprint density at radius 2 is 1.67 bits per heavy atom. The highest BCUT2D eigenvalue weighted by molar-refractivity contribution is 5.79. The van der Waals surface area contributed by atoms with Crippen molar-refractivity contribution in [2.75, 3.05) is 60.6 Å². The van der Waals surface area contributed by atoms with Gasteiger partial charge in [-0.1, -0.05) is 12.1 Å². The van der Waals surface area contributed by atoms with Gasteiger partial charge < -0.3 is 24.4 Å². The molecule has 3 saturated heterocycles. The number of carbonyl (C=O) groups is 1. The summed E-state index contributed by atoms with van der Waals surface area (Å²) in [4.78, 5) is 18.5. The Bertz CT molecular complexity index is 855. The van der Waals surface area contributed by atoms with Crippen LogP contribution in [0.1, 0.15) is 49.3 Å². The molecule has 0 aliphatic carbocycles. The normalized spacial score (nSPS) is 27.8. The molecule has 3 fully saturated rings. The zero-order valence-corrected chi connectivity index (χ0v) is 22.4. The number of carbonyl (C=O) groups excluding carboxylic acids is 1. The summed E-state index contributed by atoms with van der Waals surface area (Å²) in [6.07, 6.45) is 4.71. The number of hydrogen-bond donors (Lipinski definition) is 1. The number of rotatable bonds is 8. The van der Waals surface area contributed by atoms with Crippen molar-refractivity contribution in [2.45, 2.75) is 63.4 Å². The first-order chi connectivity index (χ1) is 17.5. The average molecular weight is 506 g/mol. The van der Waals surface area contributed by atoms with Crippen LogP contribution in [0.25, 0.3) is 0 Å². The molecule has 0 radical (unpaired) electrons. The van der Waals surface area contributed by atoms with Crippen LogP contribution in [0.5, 0.6) is 0 Å². The van der Waals surface area contributed by atoms with Crippen LogP contribution in [-0.4, -0.2) is 94.6 Å². The van der Waals surface area contributed by atoms with Gasteiger partial charge in [-0.15, -0.1) is 0 Å². The first-order valence-electron chi connectivity index (χ1n) is 13.5. The fraction of sp³-hybridized carbons (Fsp3) is 0.750. The molecule has 4 atom stereocenters. The van der Waals surface area contributed by atoms with Gasteiger partial charge in [-0.05, 0) is 62.1 Å². The third kappa shape index (κ3) is 6.10. The number of likely N-dealkylation sites (tertiary alicyclic amines) is 2. The topological polar surface area (TPSA) is 63.3 Å². The quantitative estimate of drug-likeness (QED) is 0.586. The molecule has 0 aromatic heterocycles. The van der Waals surface area contributed by atoms with Gasteiger partial charge in [0.2, 0.25) is 5.91 Å². The van der Waals surface area contributed by atoms with Crippen LogP contribution in [0, 0.1) is 24.6 Å². The summed E-state index contributed by atoms with van der Waals surface area (Å²) in [7, 11) is 5.23. The maximum Gasteiger partial charge on any atom is 0.227 e. The molecular formula is C28H44FN3O4. The summed E-state index contributed by atoms with van der Waals surface area (Å²) < 4.78 is 31.6. The number of hydrogen-bond acceptors (Lipinski definition) is 6. The summed E-state index contributed by atoms with van der Waals surface area (Å²) in [5.41, 5.74) is 1.50. The lowest BCUT2D eigenvalue weighted by atomic mass is 9.75. The van der Waals surface area contributed by atoms with Crippen LogP contribution in [-0.2, 0) is 19.0 Å². The first-order valence-corrected chi connectivity index (χ1v) is 13.5. The smallest absolute Gasteiger partial charge is 0.227 e. The van der Waals surface area contributed by atoms with Gasteiger partial charge in [0, 0.05) is 66.6 Å². The van der Waals surface area contributed by atoms with Gasteiger partial charge >= 0.3 is 0 Å². The van der Waals surface area contributed by atoms with E-state index in [2.05, 4.69) is 10.2 Å². The van der Waals surface area contributed by atoms with Gasteiger partial charge in [0.05, 0.1) is 24.2 Å². The molecule has 202 valence electrons. The van der Waals surface area contributed by atoms with Crippen molar-refractivity contribution >= 4 is 5.91 Å².